The fraction of sp³-hybridized carbons (Fsp3) is 0.143. The third-order valence-corrected chi connectivity index (χ3v) is 2.56. The second-order valence-electron chi connectivity index (χ2n) is 4.02. The topological polar surface area (TPSA) is 20.2 Å². The van der Waals surface area contributed by atoms with E-state index in [0.29, 0.717) is 0 Å². The van der Waals surface area contributed by atoms with E-state index in [2.05, 4.69) is 0 Å². The van der Waals surface area contributed by atoms with Crippen molar-refractivity contribution < 1.29 is 9.50 Å². The molecule has 0 aliphatic heterocycles. The summed E-state index contributed by atoms with van der Waals surface area (Å²) in [5.41, 5.74) is 3.61. The lowest BCUT2D eigenvalue weighted by molar-refractivity contribution is 0.475. The van der Waals surface area contributed by atoms with Gasteiger partial charge in [-0.25, -0.2) is 4.39 Å². The Hall–Kier alpha value is -1.83. The molecule has 2 heteroatoms. The van der Waals surface area contributed by atoms with Crippen molar-refractivity contribution in [2.24, 2.45) is 0 Å². The van der Waals surface area contributed by atoms with Crippen LogP contribution in [0.3, 0.4) is 0 Å². The average Bonchev–Trinajstić information content (AvgIpc) is 2.15. The number of phenolic OH excluding ortho intramolecular Hbond substituents is 1. The first kappa shape index (κ1) is 10.7. The van der Waals surface area contributed by atoms with E-state index < -0.39 is 0 Å². The van der Waals surface area contributed by atoms with E-state index >= 15 is 0 Å². The Kier molecular flexibility index (Phi) is 2.65. The van der Waals surface area contributed by atoms with E-state index in [4.69, 9.17) is 0 Å². The molecule has 0 bridgehead atoms. The van der Waals surface area contributed by atoms with Gasteiger partial charge in [-0.3, -0.25) is 0 Å². The maximum absolute atomic E-state index is 13.3. The van der Waals surface area contributed by atoms with E-state index in [-0.39, 0.29) is 11.6 Å². The summed E-state index contributed by atoms with van der Waals surface area (Å²) >= 11 is 0. The molecule has 0 spiro atoms. The minimum absolute atomic E-state index is 0.231. The van der Waals surface area contributed by atoms with Crippen LogP contribution in [-0.4, -0.2) is 5.11 Å². The molecule has 0 aliphatic carbocycles. The molecule has 82 valence electrons. The standard InChI is InChI=1S/C14H13FO/c1-9-5-11(8-12(15)6-9)14-4-3-13(16)7-10(14)2/h3-8,16H,1-2H3. The molecule has 0 fully saturated rings. The lowest BCUT2D eigenvalue weighted by Gasteiger charge is -2.07. The zero-order chi connectivity index (χ0) is 11.7. The normalized spacial score (nSPS) is 10.4. The fourth-order valence-corrected chi connectivity index (χ4v) is 1.86. The molecule has 0 amide bonds. The van der Waals surface area contributed by atoms with E-state index in [0.717, 1.165) is 22.3 Å². The number of hydrogen-bond acceptors (Lipinski definition) is 1. The van der Waals surface area contributed by atoms with E-state index in [1.165, 1.54) is 12.1 Å². The summed E-state index contributed by atoms with van der Waals surface area (Å²) in [5.74, 6) is -0.00292. The third-order valence-electron chi connectivity index (χ3n) is 2.56. The van der Waals surface area contributed by atoms with E-state index in [1.54, 1.807) is 18.2 Å². The Morgan fingerprint density at radius 1 is 1.00 bits per heavy atom. The molecular weight excluding hydrogens is 203 g/mol. The van der Waals surface area contributed by atoms with Crippen LogP contribution in [0.1, 0.15) is 11.1 Å². The molecule has 0 heterocycles. The molecule has 0 radical (unpaired) electrons. The molecule has 0 aliphatic rings. The van der Waals surface area contributed by atoms with Crippen LogP contribution in [0.4, 0.5) is 4.39 Å². The summed E-state index contributed by atoms with van der Waals surface area (Å²) in [7, 11) is 0. The number of benzene rings is 2. The van der Waals surface area contributed by atoms with Crippen LogP contribution >= 0.6 is 0 Å². The Morgan fingerprint density at radius 3 is 2.38 bits per heavy atom. The summed E-state index contributed by atoms with van der Waals surface area (Å²) in [6.45, 7) is 3.76. The van der Waals surface area contributed by atoms with Crippen molar-refractivity contribution in [2.45, 2.75) is 13.8 Å². The van der Waals surface area contributed by atoms with Crippen molar-refractivity contribution in [1.29, 1.82) is 0 Å². The lowest BCUT2D eigenvalue weighted by atomic mass is 9.99. The van der Waals surface area contributed by atoms with Crippen LogP contribution in [0, 0.1) is 19.7 Å². The quantitative estimate of drug-likeness (QED) is 0.768. The van der Waals surface area contributed by atoms with E-state index in [9.17, 15) is 9.50 Å². The van der Waals surface area contributed by atoms with Gasteiger partial charge in [-0.05, 0) is 60.4 Å². The summed E-state index contributed by atoms with van der Waals surface area (Å²) in [5, 5.41) is 9.32. The Bertz CT molecular complexity index is 512. The lowest BCUT2D eigenvalue weighted by Crippen LogP contribution is -1.86. The predicted octanol–water partition coefficient (Wildman–Crippen LogP) is 3.82. The first-order valence-electron chi connectivity index (χ1n) is 5.13. The van der Waals surface area contributed by atoms with Crippen molar-refractivity contribution in [1.82, 2.24) is 0 Å². The van der Waals surface area contributed by atoms with Gasteiger partial charge in [0, 0.05) is 0 Å². The highest BCUT2D eigenvalue weighted by atomic mass is 19.1. The first-order valence-corrected chi connectivity index (χ1v) is 5.13. The van der Waals surface area contributed by atoms with Gasteiger partial charge in [-0.2, -0.15) is 0 Å². The Morgan fingerprint density at radius 2 is 1.75 bits per heavy atom. The maximum atomic E-state index is 13.3. The minimum Gasteiger partial charge on any atom is -0.508 e. The number of phenols is 1. The number of halogens is 1. The SMILES string of the molecule is Cc1cc(F)cc(-c2ccc(O)cc2C)c1. The van der Waals surface area contributed by atoms with Crippen LogP contribution in [0.15, 0.2) is 36.4 Å². The molecule has 0 aromatic heterocycles. The van der Waals surface area contributed by atoms with Crippen molar-refractivity contribution in [2.75, 3.05) is 0 Å². The minimum atomic E-state index is -0.234. The van der Waals surface area contributed by atoms with Crippen LogP contribution in [0.5, 0.6) is 5.75 Å². The fourth-order valence-electron chi connectivity index (χ4n) is 1.86. The molecule has 2 aromatic carbocycles. The summed E-state index contributed by atoms with van der Waals surface area (Å²) in [4.78, 5) is 0. The van der Waals surface area contributed by atoms with Crippen LogP contribution in [0.25, 0.3) is 11.1 Å². The van der Waals surface area contributed by atoms with Gasteiger partial charge in [-0.1, -0.05) is 12.1 Å². The van der Waals surface area contributed by atoms with Gasteiger partial charge in [0.15, 0.2) is 0 Å². The third kappa shape index (κ3) is 2.06. The second-order valence-corrected chi connectivity index (χ2v) is 4.02. The summed E-state index contributed by atoms with van der Waals surface area (Å²) in [6.07, 6.45) is 0. The zero-order valence-electron chi connectivity index (χ0n) is 9.29. The maximum Gasteiger partial charge on any atom is 0.124 e. The smallest absolute Gasteiger partial charge is 0.124 e. The number of hydrogen-bond donors (Lipinski definition) is 1. The summed E-state index contributed by atoms with van der Waals surface area (Å²) in [6, 6.07) is 10.0. The van der Waals surface area contributed by atoms with Gasteiger partial charge >= 0.3 is 0 Å². The Balaban J connectivity index is 2.58. The molecule has 2 aromatic rings. The zero-order valence-corrected chi connectivity index (χ0v) is 9.29. The molecule has 0 atom stereocenters. The first-order chi connectivity index (χ1) is 7.56. The predicted molar refractivity (Wildman–Crippen MR) is 63.0 cm³/mol. The van der Waals surface area contributed by atoms with Crippen LogP contribution < -0.4 is 0 Å². The van der Waals surface area contributed by atoms with Crippen molar-refractivity contribution in [3.63, 3.8) is 0 Å². The van der Waals surface area contributed by atoms with Gasteiger partial charge in [0.05, 0.1) is 0 Å². The molecule has 2 rings (SSSR count). The van der Waals surface area contributed by atoms with Crippen LogP contribution in [-0.2, 0) is 0 Å². The molecule has 0 unspecified atom stereocenters. The van der Waals surface area contributed by atoms with E-state index in [1.807, 2.05) is 19.9 Å². The largest absolute Gasteiger partial charge is 0.508 e. The molecule has 0 saturated carbocycles. The van der Waals surface area contributed by atoms with Gasteiger partial charge in [0.1, 0.15) is 11.6 Å². The van der Waals surface area contributed by atoms with Crippen LogP contribution in [0.2, 0.25) is 0 Å². The van der Waals surface area contributed by atoms with Gasteiger partial charge in [0.2, 0.25) is 0 Å². The highest BCUT2D eigenvalue weighted by molar-refractivity contribution is 5.68. The number of rotatable bonds is 1. The molecular formula is C14H13FO. The molecule has 0 saturated heterocycles. The highest BCUT2D eigenvalue weighted by Crippen LogP contribution is 2.27. The molecule has 1 N–H and O–H groups in total. The highest BCUT2D eigenvalue weighted by Gasteiger charge is 2.04. The van der Waals surface area contributed by atoms with Crippen molar-refractivity contribution in [3.05, 3.63) is 53.3 Å². The van der Waals surface area contributed by atoms with Crippen molar-refractivity contribution >= 4 is 0 Å². The van der Waals surface area contributed by atoms with Gasteiger partial charge in [0.25, 0.3) is 0 Å². The molecule has 16 heavy (non-hydrogen) atoms. The monoisotopic (exact) mass is 216 g/mol. The van der Waals surface area contributed by atoms with Gasteiger partial charge in [-0.15, -0.1) is 0 Å². The average molecular weight is 216 g/mol. The molecule has 1 nitrogen and oxygen atoms in total. The number of aryl methyl sites for hydroxylation is 2. The van der Waals surface area contributed by atoms with Gasteiger partial charge < -0.3 is 5.11 Å². The van der Waals surface area contributed by atoms with Crippen molar-refractivity contribution in [3.8, 4) is 16.9 Å². The second kappa shape index (κ2) is 3.97. The Labute approximate surface area is 94.2 Å². The number of aromatic hydroxyl groups is 1. The summed E-state index contributed by atoms with van der Waals surface area (Å²) < 4.78 is 13.3.